The van der Waals surface area contributed by atoms with Crippen molar-refractivity contribution < 1.29 is 24.1 Å². The average molecular weight is 314 g/mol. The Bertz CT molecular complexity index is 717. The molecular weight excluding hydrogens is 296 g/mol. The van der Waals surface area contributed by atoms with E-state index < -0.39 is 0 Å². The van der Waals surface area contributed by atoms with Crippen LogP contribution in [-0.4, -0.2) is 32.2 Å². The van der Waals surface area contributed by atoms with Crippen LogP contribution in [0.1, 0.15) is 15.9 Å². The zero-order valence-electron chi connectivity index (χ0n) is 13.2. The van der Waals surface area contributed by atoms with Crippen LogP contribution in [0.4, 0.5) is 0 Å². The second kappa shape index (κ2) is 7.35. The predicted octanol–water partition coefficient (Wildman–Crippen LogP) is 3.31. The van der Waals surface area contributed by atoms with Crippen LogP contribution < -0.4 is 14.2 Å². The third-order valence-corrected chi connectivity index (χ3v) is 3.33. The minimum atomic E-state index is -0.334. The Morgan fingerprint density at radius 3 is 2.22 bits per heavy atom. The van der Waals surface area contributed by atoms with E-state index in [-0.39, 0.29) is 22.8 Å². The van der Waals surface area contributed by atoms with Crippen molar-refractivity contribution in [3.05, 3.63) is 53.6 Å². The standard InChI is InChI=1S/C18H18O5/c1-21-13-7-4-12(5-8-13)6-10-15(19)14-9-11-16(22-2)18(23-3)17(14)20/h4-11,20H,1-3H3/b10-6+. The molecule has 120 valence electrons. The van der Waals surface area contributed by atoms with E-state index in [1.165, 1.54) is 26.4 Å². The maximum atomic E-state index is 12.3. The van der Waals surface area contributed by atoms with E-state index >= 15 is 0 Å². The first-order valence-electron chi connectivity index (χ1n) is 6.91. The van der Waals surface area contributed by atoms with E-state index in [4.69, 9.17) is 14.2 Å². The lowest BCUT2D eigenvalue weighted by Gasteiger charge is -2.11. The summed E-state index contributed by atoms with van der Waals surface area (Å²) in [7, 11) is 4.45. The maximum Gasteiger partial charge on any atom is 0.203 e. The number of ketones is 1. The van der Waals surface area contributed by atoms with Crippen molar-refractivity contribution in [3.8, 4) is 23.0 Å². The molecule has 2 aromatic rings. The van der Waals surface area contributed by atoms with Crippen LogP contribution in [0.15, 0.2) is 42.5 Å². The highest BCUT2D eigenvalue weighted by molar-refractivity contribution is 6.09. The van der Waals surface area contributed by atoms with Crippen molar-refractivity contribution >= 4 is 11.9 Å². The lowest BCUT2D eigenvalue weighted by atomic mass is 10.1. The highest BCUT2D eigenvalue weighted by atomic mass is 16.5. The number of methoxy groups -OCH3 is 3. The molecule has 0 fully saturated rings. The summed E-state index contributed by atoms with van der Waals surface area (Å²) in [4.78, 5) is 12.3. The molecule has 0 saturated carbocycles. The van der Waals surface area contributed by atoms with Gasteiger partial charge in [-0.25, -0.2) is 0 Å². The zero-order chi connectivity index (χ0) is 16.8. The quantitative estimate of drug-likeness (QED) is 0.654. The Labute approximate surface area is 134 Å². The number of hydrogen-bond acceptors (Lipinski definition) is 5. The van der Waals surface area contributed by atoms with Crippen LogP contribution in [-0.2, 0) is 0 Å². The van der Waals surface area contributed by atoms with Crippen LogP contribution in [0, 0.1) is 0 Å². The molecule has 5 nitrogen and oxygen atoms in total. The summed E-state index contributed by atoms with van der Waals surface area (Å²) in [5, 5.41) is 10.2. The lowest BCUT2D eigenvalue weighted by molar-refractivity contribution is 0.104. The van der Waals surface area contributed by atoms with Crippen LogP contribution in [0.25, 0.3) is 6.08 Å². The minimum absolute atomic E-state index is 0.135. The molecule has 0 atom stereocenters. The molecule has 2 rings (SSSR count). The molecule has 0 radical (unpaired) electrons. The van der Waals surface area contributed by atoms with E-state index in [2.05, 4.69) is 0 Å². The topological polar surface area (TPSA) is 65.0 Å². The van der Waals surface area contributed by atoms with Gasteiger partial charge in [-0.3, -0.25) is 4.79 Å². The van der Waals surface area contributed by atoms with E-state index in [0.717, 1.165) is 11.3 Å². The number of allylic oxidation sites excluding steroid dienone is 1. The number of carbonyl (C=O) groups excluding carboxylic acids is 1. The minimum Gasteiger partial charge on any atom is -0.504 e. The fraction of sp³-hybridized carbons (Fsp3) is 0.167. The highest BCUT2D eigenvalue weighted by Crippen LogP contribution is 2.39. The second-order valence-corrected chi connectivity index (χ2v) is 4.67. The van der Waals surface area contributed by atoms with Crippen molar-refractivity contribution in [1.82, 2.24) is 0 Å². The number of benzene rings is 2. The van der Waals surface area contributed by atoms with E-state index in [1.54, 1.807) is 31.4 Å². The van der Waals surface area contributed by atoms with Gasteiger partial charge in [-0.2, -0.15) is 0 Å². The molecule has 0 aliphatic heterocycles. The van der Waals surface area contributed by atoms with Gasteiger partial charge in [-0.1, -0.05) is 18.2 Å². The number of phenols is 1. The van der Waals surface area contributed by atoms with Gasteiger partial charge in [-0.05, 0) is 35.9 Å². The van der Waals surface area contributed by atoms with Gasteiger partial charge in [0.15, 0.2) is 17.3 Å². The number of rotatable bonds is 6. The molecule has 0 amide bonds. The molecule has 0 unspecified atom stereocenters. The molecule has 2 aromatic carbocycles. The van der Waals surface area contributed by atoms with E-state index in [0.29, 0.717) is 5.75 Å². The number of hydrogen-bond donors (Lipinski definition) is 1. The highest BCUT2D eigenvalue weighted by Gasteiger charge is 2.17. The SMILES string of the molecule is COc1ccc(/C=C/C(=O)c2ccc(OC)c(OC)c2O)cc1. The second-order valence-electron chi connectivity index (χ2n) is 4.67. The zero-order valence-corrected chi connectivity index (χ0v) is 13.2. The van der Waals surface area contributed by atoms with Crippen LogP contribution in [0.3, 0.4) is 0 Å². The Morgan fingerprint density at radius 2 is 1.65 bits per heavy atom. The first kappa shape index (κ1) is 16.4. The summed E-state index contributed by atoms with van der Waals surface area (Å²) in [5.41, 5.74) is 0.992. The normalized spacial score (nSPS) is 10.6. The molecule has 0 aliphatic carbocycles. The Morgan fingerprint density at radius 1 is 0.957 bits per heavy atom. The average Bonchev–Trinajstić information content (AvgIpc) is 2.59. The monoisotopic (exact) mass is 314 g/mol. The summed E-state index contributed by atoms with van der Waals surface area (Å²) < 4.78 is 15.2. The Balaban J connectivity index is 2.24. The molecule has 0 aliphatic rings. The molecule has 5 heteroatoms. The van der Waals surface area contributed by atoms with Gasteiger partial charge in [0.25, 0.3) is 0 Å². The third-order valence-electron chi connectivity index (χ3n) is 3.33. The lowest BCUT2D eigenvalue weighted by Crippen LogP contribution is -1.99. The summed E-state index contributed by atoms with van der Waals surface area (Å²) in [6, 6.07) is 10.3. The van der Waals surface area contributed by atoms with Crippen molar-refractivity contribution in [2.45, 2.75) is 0 Å². The summed E-state index contributed by atoms with van der Waals surface area (Å²) in [6.45, 7) is 0. The van der Waals surface area contributed by atoms with Crippen molar-refractivity contribution in [3.63, 3.8) is 0 Å². The first-order chi connectivity index (χ1) is 11.1. The number of ether oxygens (including phenoxy) is 3. The van der Waals surface area contributed by atoms with Crippen molar-refractivity contribution in [2.24, 2.45) is 0 Å². The summed E-state index contributed by atoms with van der Waals surface area (Å²) >= 11 is 0. The molecule has 0 bridgehead atoms. The van der Waals surface area contributed by atoms with Crippen LogP contribution in [0.2, 0.25) is 0 Å². The molecular formula is C18H18O5. The summed E-state index contributed by atoms with van der Waals surface area (Å²) in [6.07, 6.45) is 3.06. The molecule has 23 heavy (non-hydrogen) atoms. The number of aromatic hydroxyl groups is 1. The van der Waals surface area contributed by atoms with Crippen LogP contribution in [0.5, 0.6) is 23.0 Å². The molecule has 0 spiro atoms. The predicted molar refractivity (Wildman–Crippen MR) is 87.6 cm³/mol. The fourth-order valence-electron chi connectivity index (χ4n) is 2.09. The van der Waals surface area contributed by atoms with Crippen molar-refractivity contribution in [1.29, 1.82) is 0 Å². The van der Waals surface area contributed by atoms with Gasteiger partial charge in [-0.15, -0.1) is 0 Å². The summed E-state index contributed by atoms with van der Waals surface area (Å²) in [5.74, 6) is 0.665. The fourth-order valence-corrected chi connectivity index (χ4v) is 2.09. The van der Waals surface area contributed by atoms with Gasteiger partial charge in [0.1, 0.15) is 5.75 Å². The van der Waals surface area contributed by atoms with E-state index in [9.17, 15) is 9.90 Å². The largest absolute Gasteiger partial charge is 0.504 e. The van der Waals surface area contributed by atoms with Gasteiger partial charge >= 0.3 is 0 Å². The smallest absolute Gasteiger partial charge is 0.203 e. The number of phenolic OH excluding ortho intramolecular Hbond substituents is 1. The Hall–Kier alpha value is -2.95. The third kappa shape index (κ3) is 3.63. The van der Waals surface area contributed by atoms with Gasteiger partial charge < -0.3 is 19.3 Å². The van der Waals surface area contributed by atoms with E-state index in [1.807, 2.05) is 12.1 Å². The molecule has 0 aromatic heterocycles. The van der Waals surface area contributed by atoms with Crippen LogP contribution >= 0.6 is 0 Å². The molecule has 0 heterocycles. The maximum absolute atomic E-state index is 12.3. The van der Waals surface area contributed by atoms with Gasteiger partial charge in [0.2, 0.25) is 5.75 Å². The number of carbonyl (C=O) groups is 1. The first-order valence-corrected chi connectivity index (χ1v) is 6.91. The van der Waals surface area contributed by atoms with Gasteiger partial charge in [0, 0.05) is 0 Å². The van der Waals surface area contributed by atoms with Gasteiger partial charge in [0.05, 0.1) is 26.9 Å². The Kier molecular flexibility index (Phi) is 5.25. The molecule has 0 saturated heterocycles. The van der Waals surface area contributed by atoms with Crippen molar-refractivity contribution in [2.75, 3.05) is 21.3 Å². The molecule has 1 N–H and O–H groups in total.